The van der Waals surface area contributed by atoms with Crippen molar-refractivity contribution in [3.63, 3.8) is 0 Å². The van der Waals surface area contributed by atoms with Crippen LogP contribution in [0.2, 0.25) is 0 Å². The van der Waals surface area contributed by atoms with Crippen molar-refractivity contribution in [3.8, 4) is 0 Å². The highest BCUT2D eigenvalue weighted by Gasteiger charge is 2.33. The van der Waals surface area contributed by atoms with Gasteiger partial charge in [0.05, 0.1) is 7.11 Å². The first kappa shape index (κ1) is 39.8. The van der Waals surface area contributed by atoms with Gasteiger partial charge in [0.15, 0.2) is 0 Å². The van der Waals surface area contributed by atoms with Crippen molar-refractivity contribution < 1.29 is 33.4 Å². The molecule has 11 heteroatoms. The van der Waals surface area contributed by atoms with Gasteiger partial charge in [-0.05, 0) is 43.0 Å². The number of nitrogens with one attached hydrogen (secondary N) is 4. The Balaban J connectivity index is 1.61. The molecule has 0 bridgehead atoms. The van der Waals surface area contributed by atoms with Crippen LogP contribution in [0.25, 0.3) is 0 Å². The molecule has 0 spiro atoms. The van der Waals surface area contributed by atoms with Crippen molar-refractivity contribution in [2.45, 2.75) is 76.2 Å². The van der Waals surface area contributed by atoms with Gasteiger partial charge < -0.3 is 30.7 Å². The predicted octanol–water partition coefficient (Wildman–Crippen LogP) is 4.48. The molecule has 0 saturated heterocycles. The zero-order valence-electron chi connectivity index (χ0n) is 30.5. The predicted molar refractivity (Wildman–Crippen MR) is 202 cm³/mol. The molecule has 4 aromatic carbocycles. The van der Waals surface area contributed by atoms with E-state index in [1.165, 1.54) is 7.11 Å². The van der Waals surface area contributed by atoms with E-state index < -0.39 is 59.6 Å². The summed E-state index contributed by atoms with van der Waals surface area (Å²) in [6.45, 7) is 5.16. The molecule has 4 rings (SSSR count). The molecule has 0 aliphatic carbocycles. The summed E-state index contributed by atoms with van der Waals surface area (Å²) in [5.41, 5.74) is 2.30. The van der Waals surface area contributed by atoms with Gasteiger partial charge in [-0.15, -0.1) is 0 Å². The van der Waals surface area contributed by atoms with Gasteiger partial charge in [0.1, 0.15) is 29.8 Å². The normalized spacial score (nSPS) is 13.3. The average molecular weight is 721 g/mol. The Morgan fingerprint density at radius 2 is 0.755 bits per heavy atom. The number of benzene rings is 4. The summed E-state index contributed by atoms with van der Waals surface area (Å²) in [5.74, 6) is -2.49. The second-order valence-corrected chi connectivity index (χ2v) is 13.7. The topological polar surface area (TPSA) is 152 Å². The number of carbonyl (C=O) groups excluding carboxylic acids is 5. The Hall–Kier alpha value is -5.97. The van der Waals surface area contributed by atoms with Crippen molar-refractivity contribution in [3.05, 3.63) is 144 Å². The molecule has 0 fully saturated rings. The number of carbonyl (C=O) groups is 5. The third kappa shape index (κ3) is 13.6. The molecule has 4 amide bonds. The SMILES string of the molecule is COC(=O)[C@H](Cc1ccccc1)NC(=O)[C@H](Cc1ccccc1)NC(=O)[C@H](Cc1ccccc1)NC(=O)[C@@H](Cc1ccccc1)NC(=O)OC(C)(C)C. The molecule has 0 unspecified atom stereocenters. The summed E-state index contributed by atoms with van der Waals surface area (Å²) < 4.78 is 10.5. The monoisotopic (exact) mass is 720 g/mol. The Kier molecular flexibility index (Phi) is 14.7. The maximum atomic E-state index is 14.2. The molecule has 4 aromatic rings. The van der Waals surface area contributed by atoms with Crippen molar-refractivity contribution in [1.29, 1.82) is 0 Å². The fourth-order valence-corrected chi connectivity index (χ4v) is 5.63. The lowest BCUT2D eigenvalue weighted by molar-refractivity contribution is -0.145. The van der Waals surface area contributed by atoms with E-state index in [2.05, 4.69) is 21.3 Å². The van der Waals surface area contributed by atoms with Gasteiger partial charge in [-0.3, -0.25) is 14.4 Å². The quantitative estimate of drug-likeness (QED) is 0.125. The van der Waals surface area contributed by atoms with Crippen LogP contribution in [0.5, 0.6) is 0 Å². The van der Waals surface area contributed by atoms with Crippen LogP contribution in [0.4, 0.5) is 4.79 Å². The zero-order chi connectivity index (χ0) is 38.2. The highest BCUT2D eigenvalue weighted by molar-refractivity contribution is 5.95. The van der Waals surface area contributed by atoms with Gasteiger partial charge >= 0.3 is 12.1 Å². The number of alkyl carbamates (subject to hydrolysis) is 1. The van der Waals surface area contributed by atoms with Gasteiger partial charge in [0, 0.05) is 25.7 Å². The summed E-state index contributed by atoms with van der Waals surface area (Å²) >= 11 is 0. The van der Waals surface area contributed by atoms with E-state index >= 15 is 0 Å². The number of amides is 4. The molecule has 4 atom stereocenters. The zero-order valence-corrected chi connectivity index (χ0v) is 30.5. The van der Waals surface area contributed by atoms with E-state index in [1.54, 1.807) is 20.8 Å². The van der Waals surface area contributed by atoms with Crippen molar-refractivity contribution in [2.24, 2.45) is 0 Å². The highest BCUT2D eigenvalue weighted by Crippen LogP contribution is 2.12. The smallest absolute Gasteiger partial charge is 0.408 e. The molecule has 0 heterocycles. The van der Waals surface area contributed by atoms with Crippen LogP contribution in [0.3, 0.4) is 0 Å². The number of hydrogen-bond acceptors (Lipinski definition) is 7. The van der Waals surface area contributed by atoms with Crippen LogP contribution in [0.1, 0.15) is 43.0 Å². The molecule has 0 aliphatic rings. The molecule has 4 N–H and O–H groups in total. The fraction of sp³-hybridized carbons (Fsp3) is 0.310. The summed E-state index contributed by atoms with van der Waals surface area (Å²) in [4.78, 5) is 67.9. The molecular formula is C42H48N4O7. The van der Waals surface area contributed by atoms with Crippen molar-refractivity contribution >= 4 is 29.8 Å². The number of esters is 1. The van der Waals surface area contributed by atoms with Crippen LogP contribution in [-0.4, -0.2) is 66.7 Å². The van der Waals surface area contributed by atoms with E-state index in [1.807, 2.05) is 121 Å². The first-order valence-electron chi connectivity index (χ1n) is 17.5. The van der Waals surface area contributed by atoms with Crippen molar-refractivity contribution in [2.75, 3.05) is 7.11 Å². The molecule has 53 heavy (non-hydrogen) atoms. The minimum absolute atomic E-state index is 0.0847. The van der Waals surface area contributed by atoms with Gasteiger partial charge in [-0.2, -0.15) is 0 Å². The molecule has 0 saturated carbocycles. The first-order valence-corrected chi connectivity index (χ1v) is 17.5. The van der Waals surface area contributed by atoms with Crippen LogP contribution >= 0.6 is 0 Å². The Bertz CT molecular complexity index is 1780. The maximum absolute atomic E-state index is 14.2. The number of rotatable bonds is 16. The standard InChI is InChI=1S/C42H48N4O7/c1-42(2,3)53-41(51)46-35(27-31-21-13-7-14-22-31)39(49)44-33(25-29-17-9-5-10-18-29)37(47)43-34(26-30-19-11-6-12-20-30)38(48)45-36(40(50)52-4)28-32-23-15-8-16-24-32/h5-24,33-36H,25-28H2,1-4H3,(H,43,47)(H,44,49)(H,45,48)(H,46,51)/t33-,34-,35+,36-/m0/s1. The minimum atomic E-state index is -1.16. The van der Waals surface area contributed by atoms with E-state index in [-0.39, 0.29) is 25.7 Å². The summed E-state index contributed by atoms with van der Waals surface area (Å²) in [6.07, 6.45) is -0.304. The number of methoxy groups -OCH3 is 1. The van der Waals surface area contributed by atoms with Crippen LogP contribution in [0, 0.1) is 0 Å². The fourth-order valence-electron chi connectivity index (χ4n) is 5.63. The first-order chi connectivity index (χ1) is 25.4. The van der Waals surface area contributed by atoms with E-state index in [0.717, 1.165) is 22.3 Å². The van der Waals surface area contributed by atoms with E-state index in [9.17, 15) is 24.0 Å². The summed E-state index contributed by atoms with van der Waals surface area (Å²) in [5, 5.41) is 11.1. The van der Waals surface area contributed by atoms with E-state index in [0.29, 0.717) is 0 Å². The second-order valence-electron chi connectivity index (χ2n) is 13.7. The van der Waals surface area contributed by atoms with Gasteiger partial charge in [-0.1, -0.05) is 121 Å². The van der Waals surface area contributed by atoms with Crippen LogP contribution < -0.4 is 21.3 Å². The molecule has 0 radical (unpaired) electrons. The maximum Gasteiger partial charge on any atom is 0.408 e. The lowest BCUT2D eigenvalue weighted by atomic mass is 10.0. The minimum Gasteiger partial charge on any atom is -0.467 e. The molecular weight excluding hydrogens is 672 g/mol. The number of ether oxygens (including phenoxy) is 2. The average Bonchev–Trinajstić information content (AvgIpc) is 3.14. The Morgan fingerprint density at radius 1 is 0.472 bits per heavy atom. The molecule has 11 nitrogen and oxygen atoms in total. The van der Waals surface area contributed by atoms with Crippen LogP contribution in [0.15, 0.2) is 121 Å². The third-order valence-corrected chi connectivity index (χ3v) is 8.21. The van der Waals surface area contributed by atoms with Gasteiger partial charge in [-0.25, -0.2) is 9.59 Å². The highest BCUT2D eigenvalue weighted by atomic mass is 16.6. The van der Waals surface area contributed by atoms with E-state index in [4.69, 9.17) is 9.47 Å². The Labute approximate surface area is 310 Å². The third-order valence-electron chi connectivity index (χ3n) is 8.21. The second kappa shape index (κ2) is 19.6. The van der Waals surface area contributed by atoms with Crippen LogP contribution in [-0.2, 0) is 54.3 Å². The molecule has 0 aromatic heterocycles. The van der Waals surface area contributed by atoms with Crippen molar-refractivity contribution in [1.82, 2.24) is 21.3 Å². The molecule has 278 valence electrons. The lowest BCUT2D eigenvalue weighted by Gasteiger charge is -2.27. The Morgan fingerprint density at radius 3 is 1.06 bits per heavy atom. The van der Waals surface area contributed by atoms with Gasteiger partial charge in [0.2, 0.25) is 17.7 Å². The summed E-state index contributed by atoms with van der Waals surface area (Å²) in [6, 6.07) is 32.2. The molecule has 0 aliphatic heterocycles. The van der Waals surface area contributed by atoms with Gasteiger partial charge in [0.25, 0.3) is 0 Å². The summed E-state index contributed by atoms with van der Waals surface area (Å²) in [7, 11) is 1.25. The number of hydrogen-bond donors (Lipinski definition) is 4. The lowest BCUT2D eigenvalue weighted by Crippen LogP contribution is -2.59. The largest absolute Gasteiger partial charge is 0.467 e.